The van der Waals surface area contributed by atoms with Crippen molar-refractivity contribution < 1.29 is 23.9 Å². The number of esters is 1. The zero-order chi connectivity index (χ0) is 13.3. The predicted octanol–water partition coefficient (Wildman–Crippen LogP) is 1.03. The molecule has 1 aromatic carbocycles. The van der Waals surface area contributed by atoms with Crippen LogP contribution in [0.2, 0.25) is 5.02 Å². The van der Waals surface area contributed by atoms with Crippen LogP contribution in [0.1, 0.15) is 10.4 Å². The summed E-state index contributed by atoms with van der Waals surface area (Å²) >= 11 is 5.87. The highest BCUT2D eigenvalue weighted by Crippen LogP contribution is 2.33. The Balaban J connectivity index is 2.42. The van der Waals surface area contributed by atoms with Crippen LogP contribution in [-0.2, 0) is 14.3 Å². The Hall–Kier alpha value is -2.08. The number of rotatable bonds is 2. The molecule has 0 aliphatic carbocycles. The number of anilines is 1. The summed E-state index contributed by atoms with van der Waals surface area (Å²) in [6, 6.07) is 2.65. The van der Waals surface area contributed by atoms with Crippen LogP contribution in [0.15, 0.2) is 12.1 Å². The quantitative estimate of drug-likeness (QED) is 0.493. The largest absolute Gasteiger partial charge is 0.482 e. The molecule has 0 atom stereocenters. The minimum Gasteiger partial charge on any atom is -0.482 e. The zero-order valence-electron chi connectivity index (χ0n) is 9.28. The van der Waals surface area contributed by atoms with E-state index in [2.05, 4.69) is 10.1 Å². The van der Waals surface area contributed by atoms with E-state index in [4.69, 9.17) is 16.3 Å². The van der Waals surface area contributed by atoms with Crippen LogP contribution in [0, 0.1) is 0 Å². The number of nitrogens with one attached hydrogen (secondary N) is 1. The topological polar surface area (TPSA) is 81.7 Å². The molecule has 1 heterocycles. The Morgan fingerprint density at radius 3 is 2.83 bits per heavy atom. The lowest BCUT2D eigenvalue weighted by Gasteiger charge is -2.18. The summed E-state index contributed by atoms with van der Waals surface area (Å²) in [5.74, 6) is -1.92. The summed E-state index contributed by atoms with van der Waals surface area (Å²) in [7, 11) is 1.10. The van der Waals surface area contributed by atoms with E-state index in [0.29, 0.717) is 5.69 Å². The second-order valence-electron chi connectivity index (χ2n) is 3.49. The van der Waals surface area contributed by atoms with Crippen molar-refractivity contribution in [2.24, 2.45) is 0 Å². The van der Waals surface area contributed by atoms with Crippen LogP contribution in [-0.4, -0.2) is 31.4 Å². The van der Waals surface area contributed by atoms with Gasteiger partial charge in [-0.15, -0.1) is 0 Å². The number of fused-ring (bicyclic) bond motifs is 1. The molecular weight excluding hydrogens is 262 g/mol. The normalized spacial score (nSPS) is 13.1. The summed E-state index contributed by atoms with van der Waals surface area (Å²) in [6.45, 7) is -0.152. The lowest BCUT2D eigenvalue weighted by atomic mass is 10.1. The van der Waals surface area contributed by atoms with Gasteiger partial charge >= 0.3 is 5.97 Å². The highest BCUT2D eigenvalue weighted by atomic mass is 35.5. The number of carbonyl (C=O) groups excluding carboxylic acids is 3. The molecule has 0 fully saturated rings. The average Bonchev–Trinajstić information content (AvgIpc) is 2.36. The minimum atomic E-state index is -1.02. The number of ketones is 1. The van der Waals surface area contributed by atoms with Crippen molar-refractivity contribution in [3.05, 3.63) is 22.7 Å². The molecular formula is C11H8ClNO5. The van der Waals surface area contributed by atoms with Crippen molar-refractivity contribution in [3.63, 3.8) is 0 Å². The van der Waals surface area contributed by atoms with E-state index in [1.165, 1.54) is 12.1 Å². The van der Waals surface area contributed by atoms with Crippen LogP contribution in [0.3, 0.4) is 0 Å². The third-order valence-electron chi connectivity index (χ3n) is 2.32. The molecule has 0 radical (unpaired) electrons. The molecule has 2 rings (SSSR count). The highest BCUT2D eigenvalue weighted by molar-refractivity contribution is 6.45. The highest BCUT2D eigenvalue weighted by Gasteiger charge is 2.24. The van der Waals surface area contributed by atoms with Gasteiger partial charge in [0.2, 0.25) is 0 Å². The van der Waals surface area contributed by atoms with E-state index < -0.39 is 11.8 Å². The predicted molar refractivity (Wildman–Crippen MR) is 61.9 cm³/mol. The van der Waals surface area contributed by atoms with Crippen LogP contribution in [0.5, 0.6) is 5.75 Å². The lowest BCUT2D eigenvalue weighted by Crippen LogP contribution is -2.26. The molecule has 0 aromatic heterocycles. The first kappa shape index (κ1) is 12.4. The van der Waals surface area contributed by atoms with Crippen molar-refractivity contribution in [1.82, 2.24) is 0 Å². The number of benzene rings is 1. The van der Waals surface area contributed by atoms with E-state index in [1.54, 1.807) is 0 Å². The van der Waals surface area contributed by atoms with E-state index in [1.807, 2.05) is 0 Å². The Morgan fingerprint density at radius 1 is 1.44 bits per heavy atom. The monoisotopic (exact) mass is 269 g/mol. The van der Waals surface area contributed by atoms with Gasteiger partial charge in [-0.3, -0.25) is 9.59 Å². The summed E-state index contributed by atoms with van der Waals surface area (Å²) in [4.78, 5) is 33.9. The van der Waals surface area contributed by atoms with Crippen molar-refractivity contribution in [1.29, 1.82) is 0 Å². The smallest absolute Gasteiger partial charge is 0.379 e. The van der Waals surface area contributed by atoms with E-state index in [-0.39, 0.29) is 28.8 Å². The molecule has 6 nitrogen and oxygen atoms in total. The number of hydrogen-bond donors (Lipinski definition) is 1. The summed E-state index contributed by atoms with van der Waals surface area (Å²) in [5, 5.41) is 2.57. The van der Waals surface area contributed by atoms with Crippen LogP contribution < -0.4 is 10.1 Å². The van der Waals surface area contributed by atoms with Crippen molar-refractivity contribution >= 4 is 34.9 Å². The van der Waals surface area contributed by atoms with Gasteiger partial charge in [0.25, 0.3) is 11.7 Å². The van der Waals surface area contributed by atoms with Crippen LogP contribution >= 0.6 is 11.6 Å². The number of amides is 1. The summed E-state index contributed by atoms with van der Waals surface area (Å²) in [5.41, 5.74) is 0.330. The first-order valence-corrected chi connectivity index (χ1v) is 5.29. The molecule has 0 saturated heterocycles. The third-order valence-corrected chi connectivity index (χ3v) is 2.63. The molecule has 18 heavy (non-hydrogen) atoms. The molecule has 1 aromatic rings. The van der Waals surface area contributed by atoms with Crippen molar-refractivity contribution in [3.8, 4) is 5.75 Å². The van der Waals surface area contributed by atoms with Gasteiger partial charge in [-0.1, -0.05) is 11.6 Å². The first-order valence-electron chi connectivity index (χ1n) is 4.91. The second-order valence-corrected chi connectivity index (χ2v) is 3.89. The molecule has 0 saturated carbocycles. The fourth-order valence-electron chi connectivity index (χ4n) is 1.48. The Bertz CT molecular complexity index is 555. The molecule has 94 valence electrons. The van der Waals surface area contributed by atoms with Gasteiger partial charge in [0.15, 0.2) is 6.61 Å². The second kappa shape index (κ2) is 4.66. The van der Waals surface area contributed by atoms with Crippen LogP contribution in [0.4, 0.5) is 5.69 Å². The fourth-order valence-corrected chi connectivity index (χ4v) is 1.73. The maximum absolute atomic E-state index is 11.6. The third kappa shape index (κ3) is 2.14. The minimum absolute atomic E-state index is 0.0292. The van der Waals surface area contributed by atoms with Crippen molar-refractivity contribution in [2.45, 2.75) is 0 Å². The molecule has 0 unspecified atom stereocenters. The van der Waals surface area contributed by atoms with Gasteiger partial charge in [0.1, 0.15) is 5.75 Å². The van der Waals surface area contributed by atoms with Gasteiger partial charge in [-0.05, 0) is 12.1 Å². The van der Waals surface area contributed by atoms with Crippen molar-refractivity contribution in [2.75, 3.05) is 19.0 Å². The van der Waals surface area contributed by atoms with Gasteiger partial charge in [-0.25, -0.2) is 4.79 Å². The zero-order valence-corrected chi connectivity index (χ0v) is 10.0. The molecule has 0 bridgehead atoms. The maximum Gasteiger partial charge on any atom is 0.379 e. The number of ether oxygens (including phenoxy) is 2. The number of carbonyl (C=O) groups is 3. The molecule has 1 N–H and O–H groups in total. The maximum atomic E-state index is 11.6. The number of halogens is 1. The Morgan fingerprint density at radius 2 is 2.17 bits per heavy atom. The molecule has 1 aliphatic rings. The molecule has 1 aliphatic heterocycles. The average molecular weight is 270 g/mol. The van der Waals surface area contributed by atoms with Gasteiger partial charge < -0.3 is 14.8 Å². The standard InChI is InChI=1S/C11H8ClNO5/c1-17-11(16)10(15)5-2-8-7(3-6(5)12)13-9(14)4-18-8/h2-3H,4H2,1H3,(H,13,14). The van der Waals surface area contributed by atoms with Gasteiger partial charge in [-0.2, -0.15) is 0 Å². The fraction of sp³-hybridized carbons (Fsp3) is 0.182. The van der Waals surface area contributed by atoms with Gasteiger partial charge in [0.05, 0.1) is 23.4 Å². The Kier molecular flexibility index (Phi) is 3.20. The SMILES string of the molecule is COC(=O)C(=O)c1cc2c(cc1Cl)NC(=O)CO2. The van der Waals surface area contributed by atoms with E-state index in [0.717, 1.165) is 7.11 Å². The molecule has 1 amide bonds. The number of methoxy groups -OCH3 is 1. The van der Waals surface area contributed by atoms with Crippen LogP contribution in [0.25, 0.3) is 0 Å². The summed E-state index contributed by atoms with van der Waals surface area (Å²) < 4.78 is 9.44. The Labute approximate surface area is 107 Å². The number of Topliss-reactive ketones (excluding diaryl/α,β-unsaturated/α-hetero) is 1. The molecule has 0 spiro atoms. The number of hydrogen-bond acceptors (Lipinski definition) is 5. The summed E-state index contributed by atoms with van der Waals surface area (Å²) in [6.07, 6.45) is 0. The van der Waals surface area contributed by atoms with E-state index in [9.17, 15) is 14.4 Å². The lowest BCUT2D eigenvalue weighted by molar-refractivity contribution is -0.135. The van der Waals surface area contributed by atoms with E-state index >= 15 is 0 Å². The first-order chi connectivity index (χ1) is 8.52. The molecule has 7 heteroatoms. The van der Waals surface area contributed by atoms with Gasteiger partial charge in [0, 0.05) is 0 Å².